The summed E-state index contributed by atoms with van der Waals surface area (Å²) in [5.74, 6) is 0. The van der Waals surface area contributed by atoms with Crippen molar-refractivity contribution in [1.29, 1.82) is 0 Å². The van der Waals surface area contributed by atoms with Crippen LogP contribution in [0.2, 0.25) is 5.02 Å². The third-order valence-electron chi connectivity index (χ3n) is 1.40. The lowest BCUT2D eigenvalue weighted by molar-refractivity contribution is -0.119. The summed E-state index contributed by atoms with van der Waals surface area (Å²) in [5.41, 5.74) is 0.444. The summed E-state index contributed by atoms with van der Waals surface area (Å²) < 4.78 is 0. The number of benzene rings is 1. The molecular weight excluding hydrogens is 199 g/mol. The van der Waals surface area contributed by atoms with E-state index in [1.165, 1.54) is 0 Å². The second kappa shape index (κ2) is 3.90. The molecule has 2 nitrogen and oxygen atoms in total. The van der Waals surface area contributed by atoms with Crippen molar-refractivity contribution in [3.05, 3.63) is 34.9 Å². The first-order valence-corrected chi connectivity index (χ1v) is 3.99. The molecule has 0 fully saturated rings. The topological polar surface area (TPSA) is 37.3 Å². The molecule has 0 saturated carbocycles. The van der Waals surface area contributed by atoms with Crippen LogP contribution in [0.4, 0.5) is 0 Å². The van der Waals surface area contributed by atoms with Gasteiger partial charge in [-0.1, -0.05) is 23.7 Å². The smallest absolute Gasteiger partial charge is 0.254 e. The molecule has 0 aliphatic heterocycles. The summed E-state index contributed by atoms with van der Waals surface area (Å²) in [4.78, 5) is 10.5. The summed E-state index contributed by atoms with van der Waals surface area (Å²) >= 11 is 10.7. The van der Waals surface area contributed by atoms with Gasteiger partial charge in [0.05, 0.1) is 0 Å². The molecule has 12 heavy (non-hydrogen) atoms. The van der Waals surface area contributed by atoms with Gasteiger partial charge in [-0.25, -0.2) is 0 Å². The van der Waals surface area contributed by atoms with Gasteiger partial charge in [0.1, 0.15) is 0 Å². The van der Waals surface area contributed by atoms with Crippen LogP contribution in [0.3, 0.4) is 0 Å². The number of halogens is 2. The van der Waals surface area contributed by atoms with E-state index < -0.39 is 11.3 Å². The maximum absolute atomic E-state index is 10.5. The largest absolute Gasteiger partial charge is 0.379 e. The number of hydrogen-bond donors (Lipinski definition) is 1. The van der Waals surface area contributed by atoms with Gasteiger partial charge >= 0.3 is 0 Å². The van der Waals surface area contributed by atoms with Gasteiger partial charge < -0.3 is 5.11 Å². The van der Waals surface area contributed by atoms with Crippen molar-refractivity contribution in [3.63, 3.8) is 0 Å². The molecule has 0 spiro atoms. The first-order chi connectivity index (χ1) is 5.61. The summed E-state index contributed by atoms with van der Waals surface area (Å²) in [6, 6.07) is 6.26. The molecular formula is C8H6Cl2O2. The van der Waals surface area contributed by atoms with Gasteiger partial charge in [0.15, 0.2) is 6.10 Å². The minimum atomic E-state index is -1.26. The zero-order valence-corrected chi connectivity index (χ0v) is 7.51. The average Bonchev–Trinajstić information content (AvgIpc) is 2.04. The van der Waals surface area contributed by atoms with Crippen LogP contribution in [0.15, 0.2) is 24.3 Å². The molecule has 1 rings (SSSR count). The monoisotopic (exact) mass is 204 g/mol. The van der Waals surface area contributed by atoms with Crippen LogP contribution < -0.4 is 0 Å². The van der Waals surface area contributed by atoms with E-state index in [9.17, 15) is 4.79 Å². The van der Waals surface area contributed by atoms with E-state index in [0.29, 0.717) is 10.6 Å². The SMILES string of the molecule is O=C(Cl)C(O)c1ccc(Cl)cc1. The van der Waals surface area contributed by atoms with Gasteiger partial charge in [0, 0.05) is 5.02 Å². The Bertz CT molecular complexity index is 282. The number of aliphatic hydroxyl groups is 1. The number of carbonyl (C=O) groups is 1. The molecule has 1 atom stereocenters. The van der Waals surface area contributed by atoms with E-state index in [0.717, 1.165) is 0 Å². The Balaban J connectivity index is 2.89. The normalized spacial score (nSPS) is 12.6. The van der Waals surface area contributed by atoms with Crippen molar-refractivity contribution in [2.75, 3.05) is 0 Å². The molecule has 0 saturated heterocycles. The molecule has 1 aromatic rings. The minimum absolute atomic E-state index is 0.444. The van der Waals surface area contributed by atoms with Crippen molar-refractivity contribution in [2.24, 2.45) is 0 Å². The second-order valence-electron chi connectivity index (χ2n) is 2.26. The fourth-order valence-corrected chi connectivity index (χ4v) is 1.03. The lowest BCUT2D eigenvalue weighted by Gasteiger charge is -2.04. The molecule has 0 heterocycles. The van der Waals surface area contributed by atoms with Crippen LogP contribution in [0.1, 0.15) is 11.7 Å². The molecule has 0 bridgehead atoms. The lowest BCUT2D eigenvalue weighted by atomic mass is 10.1. The fourth-order valence-electron chi connectivity index (χ4n) is 0.776. The zero-order valence-electron chi connectivity index (χ0n) is 6.00. The molecule has 0 radical (unpaired) electrons. The van der Waals surface area contributed by atoms with Crippen LogP contribution in [-0.2, 0) is 4.79 Å². The molecule has 0 aromatic heterocycles. The predicted molar refractivity (Wildman–Crippen MR) is 47.3 cm³/mol. The highest BCUT2D eigenvalue weighted by molar-refractivity contribution is 6.64. The predicted octanol–water partition coefficient (Wildman–Crippen LogP) is 2.14. The van der Waals surface area contributed by atoms with E-state index in [4.69, 9.17) is 28.3 Å². The van der Waals surface area contributed by atoms with E-state index in [1.54, 1.807) is 24.3 Å². The van der Waals surface area contributed by atoms with Crippen LogP contribution in [0.5, 0.6) is 0 Å². The molecule has 64 valence electrons. The molecule has 0 amide bonds. The van der Waals surface area contributed by atoms with E-state index in [-0.39, 0.29) is 0 Å². The van der Waals surface area contributed by atoms with Crippen molar-refractivity contribution in [1.82, 2.24) is 0 Å². The molecule has 0 aliphatic rings. The van der Waals surface area contributed by atoms with Gasteiger partial charge in [0.2, 0.25) is 0 Å². The lowest BCUT2D eigenvalue weighted by Crippen LogP contribution is -2.04. The van der Waals surface area contributed by atoms with Crippen LogP contribution >= 0.6 is 23.2 Å². The quantitative estimate of drug-likeness (QED) is 0.751. The highest BCUT2D eigenvalue weighted by Gasteiger charge is 2.13. The van der Waals surface area contributed by atoms with Gasteiger partial charge in [-0.2, -0.15) is 0 Å². The maximum Gasteiger partial charge on any atom is 0.254 e. The molecule has 1 aromatic carbocycles. The summed E-state index contributed by atoms with van der Waals surface area (Å²) in [6.45, 7) is 0. The van der Waals surface area contributed by atoms with Gasteiger partial charge in [-0.3, -0.25) is 4.79 Å². The van der Waals surface area contributed by atoms with Crippen molar-refractivity contribution < 1.29 is 9.90 Å². The Morgan fingerprint density at radius 2 is 1.83 bits per heavy atom. The summed E-state index contributed by atoms with van der Waals surface area (Å²) in [6.07, 6.45) is -1.26. The van der Waals surface area contributed by atoms with E-state index >= 15 is 0 Å². The minimum Gasteiger partial charge on any atom is -0.379 e. The van der Waals surface area contributed by atoms with E-state index in [2.05, 4.69) is 0 Å². The van der Waals surface area contributed by atoms with Crippen LogP contribution in [-0.4, -0.2) is 10.3 Å². The molecule has 1 N–H and O–H groups in total. The number of aliphatic hydroxyl groups excluding tert-OH is 1. The highest BCUT2D eigenvalue weighted by atomic mass is 35.5. The van der Waals surface area contributed by atoms with Crippen molar-refractivity contribution >= 4 is 28.4 Å². The third-order valence-corrected chi connectivity index (χ3v) is 1.86. The third kappa shape index (κ3) is 2.21. The van der Waals surface area contributed by atoms with E-state index in [1.807, 2.05) is 0 Å². The highest BCUT2D eigenvalue weighted by Crippen LogP contribution is 2.17. The number of carbonyl (C=O) groups excluding carboxylic acids is 1. The first kappa shape index (κ1) is 9.52. The Morgan fingerprint density at radius 3 is 2.25 bits per heavy atom. The zero-order chi connectivity index (χ0) is 9.14. The Hall–Kier alpha value is -0.570. The summed E-state index contributed by atoms with van der Waals surface area (Å²) in [5, 5.41) is 8.92. The van der Waals surface area contributed by atoms with Gasteiger partial charge in [0.25, 0.3) is 5.24 Å². The molecule has 0 aliphatic carbocycles. The number of hydrogen-bond acceptors (Lipinski definition) is 2. The average molecular weight is 205 g/mol. The second-order valence-corrected chi connectivity index (χ2v) is 3.07. The maximum atomic E-state index is 10.5. The van der Waals surface area contributed by atoms with Gasteiger partial charge in [-0.05, 0) is 29.3 Å². The van der Waals surface area contributed by atoms with Gasteiger partial charge in [-0.15, -0.1) is 0 Å². The first-order valence-electron chi connectivity index (χ1n) is 3.24. The Morgan fingerprint density at radius 1 is 1.33 bits per heavy atom. The van der Waals surface area contributed by atoms with Crippen molar-refractivity contribution in [2.45, 2.75) is 6.10 Å². The number of rotatable bonds is 2. The fraction of sp³-hybridized carbons (Fsp3) is 0.125. The molecule has 4 heteroatoms. The van der Waals surface area contributed by atoms with Crippen molar-refractivity contribution in [3.8, 4) is 0 Å². The Kier molecular flexibility index (Phi) is 3.09. The van der Waals surface area contributed by atoms with Crippen LogP contribution in [0.25, 0.3) is 0 Å². The van der Waals surface area contributed by atoms with Crippen LogP contribution in [0, 0.1) is 0 Å². The summed E-state index contributed by atoms with van der Waals surface area (Å²) in [7, 11) is 0. The Labute approximate surface area is 79.7 Å². The molecule has 1 unspecified atom stereocenters. The standard InChI is InChI=1S/C8H6Cl2O2/c9-6-3-1-5(2-4-6)7(11)8(10)12/h1-4,7,11H.